The zero-order valence-electron chi connectivity index (χ0n) is 10.2. The molecule has 0 aromatic rings. The molecule has 0 spiro atoms. The van der Waals surface area contributed by atoms with Crippen LogP contribution in [0.15, 0.2) is 12.2 Å². The molecular weight excluding hydrogens is 184 g/mol. The number of unbranched alkanes of at least 4 members (excludes halogenated alkanes) is 8. The third-order valence-corrected chi connectivity index (χ3v) is 2.58. The summed E-state index contributed by atoms with van der Waals surface area (Å²) < 4.78 is 0. The summed E-state index contributed by atoms with van der Waals surface area (Å²) in [5.74, 6) is 0. The number of carbonyl (C=O) groups excluding carboxylic acids is 1. The lowest BCUT2D eigenvalue weighted by Crippen LogP contribution is -1.78. The first-order valence-electron chi connectivity index (χ1n) is 6.50. The third-order valence-electron chi connectivity index (χ3n) is 2.58. The van der Waals surface area contributed by atoms with Crippen LogP contribution in [0.2, 0.25) is 0 Å². The van der Waals surface area contributed by atoms with Crippen molar-refractivity contribution in [3.63, 3.8) is 0 Å². The Labute approximate surface area is 95.0 Å². The molecule has 0 saturated carbocycles. The van der Waals surface area contributed by atoms with Crippen LogP contribution in [-0.2, 0) is 4.79 Å². The van der Waals surface area contributed by atoms with E-state index in [0.717, 1.165) is 19.1 Å². The molecule has 88 valence electrons. The van der Waals surface area contributed by atoms with E-state index in [4.69, 9.17) is 0 Å². The lowest BCUT2D eigenvalue weighted by molar-refractivity contribution is -0.107. The normalized spacial score (nSPS) is 11.0. The van der Waals surface area contributed by atoms with E-state index >= 15 is 0 Å². The van der Waals surface area contributed by atoms with E-state index in [9.17, 15) is 4.79 Å². The predicted octanol–water partition coefficient (Wildman–Crippen LogP) is 4.66. The Balaban J connectivity index is 3.00. The largest absolute Gasteiger partial charge is 0.303 e. The Morgan fingerprint density at radius 3 is 1.80 bits per heavy atom. The van der Waals surface area contributed by atoms with Crippen molar-refractivity contribution in [2.45, 2.75) is 71.1 Å². The minimum Gasteiger partial charge on any atom is -0.303 e. The first kappa shape index (κ1) is 14.4. The molecule has 0 fully saturated rings. The van der Waals surface area contributed by atoms with Crippen molar-refractivity contribution >= 4 is 6.29 Å². The van der Waals surface area contributed by atoms with Crippen LogP contribution in [0.5, 0.6) is 0 Å². The fraction of sp³-hybridized carbons (Fsp3) is 0.786. The summed E-state index contributed by atoms with van der Waals surface area (Å²) in [7, 11) is 0. The number of hydrogen-bond donors (Lipinski definition) is 0. The first-order chi connectivity index (χ1) is 7.41. The maximum atomic E-state index is 10.1. The lowest BCUT2D eigenvalue weighted by Gasteiger charge is -1.95. The summed E-state index contributed by atoms with van der Waals surface area (Å²) in [6.07, 6.45) is 17.7. The van der Waals surface area contributed by atoms with Crippen molar-refractivity contribution in [2.75, 3.05) is 0 Å². The number of aldehydes is 1. The maximum Gasteiger partial charge on any atom is 0.119 e. The number of rotatable bonds is 11. The number of allylic oxidation sites excluding steroid dienone is 2. The zero-order chi connectivity index (χ0) is 11.2. The van der Waals surface area contributed by atoms with Gasteiger partial charge in [0.2, 0.25) is 0 Å². The van der Waals surface area contributed by atoms with Gasteiger partial charge in [-0.05, 0) is 32.1 Å². The second-order valence-electron chi connectivity index (χ2n) is 4.13. The Kier molecular flexibility index (Phi) is 12.9. The van der Waals surface area contributed by atoms with Gasteiger partial charge in [0.25, 0.3) is 0 Å². The van der Waals surface area contributed by atoms with Crippen molar-refractivity contribution in [1.82, 2.24) is 0 Å². The van der Waals surface area contributed by atoms with E-state index in [0.29, 0.717) is 0 Å². The molecule has 0 atom stereocenters. The van der Waals surface area contributed by atoms with Gasteiger partial charge in [-0.15, -0.1) is 0 Å². The molecule has 15 heavy (non-hydrogen) atoms. The fourth-order valence-electron chi connectivity index (χ4n) is 1.59. The molecule has 0 radical (unpaired) electrons. The highest BCUT2D eigenvalue weighted by Crippen LogP contribution is 2.05. The first-order valence-corrected chi connectivity index (χ1v) is 6.50. The van der Waals surface area contributed by atoms with Crippen LogP contribution >= 0.6 is 0 Å². The van der Waals surface area contributed by atoms with Crippen LogP contribution in [0.3, 0.4) is 0 Å². The van der Waals surface area contributed by atoms with Gasteiger partial charge in [-0.1, -0.05) is 44.8 Å². The molecule has 0 aliphatic carbocycles. The van der Waals surface area contributed by atoms with Gasteiger partial charge in [0.1, 0.15) is 6.29 Å². The van der Waals surface area contributed by atoms with E-state index < -0.39 is 0 Å². The fourth-order valence-corrected chi connectivity index (χ4v) is 1.59. The van der Waals surface area contributed by atoms with Gasteiger partial charge >= 0.3 is 0 Å². The molecular formula is C14H26O. The minimum absolute atomic E-state index is 0.737. The van der Waals surface area contributed by atoms with Crippen LogP contribution in [0.1, 0.15) is 71.1 Å². The van der Waals surface area contributed by atoms with E-state index in [2.05, 4.69) is 19.1 Å². The van der Waals surface area contributed by atoms with Gasteiger partial charge in [-0.2, -0.15) is 0 Å². The standard InChI is InChI=1S/C14H26O/c1-2-3-4-5-6-7-8-9-10-11-12-13-14-15/h7-8,14H,2-6,9-13H2,1H3/b8-7+. The average Bonchev–Trinajstić information content (AvgIpc) is 2.26. The van der Waals surface area contributed by atoms with Gasteiger partial charge < -0.3 is 4.79 Å². The van der Waals surface area contributed by atoms with E-state index in [1.54, 1.807) is 0 Å². The van der Waals surface area contributed by atoms with Crippen molar-refractivity contribution in [3.8, 4) is 0 Å². The predicted molar refractivity (Wildman–Crippen MR) is 67.0 cm³/mol. The molecule has 1 heteroatoms. The van der Waals surface area contributed by atoms with Crippen LogP contribution in [0, 0.1) is 0 Å². The average molecular weight is 210 g/mol. The molecule has 0 aromatic carbocycles. The van der Waals surface area contributed by atoms with Gasteiger partial charge in [0.15, 0.2) is 0 Å². The van der Waals surface area contributed by atoms with Gasteiger partial charge in [0, 0.05) is 6.42 Å². The van der Waals surface area contributed by atoms with E-state index in [1.165, 1.54) is 51.4 Å². The maximum absolute atomic E-state index is 10.1. The Morgan fingerprint density at radius 1 is 0.733 bits per heavy atom. The molecule has 1 nitrogen and oxygen atoms in total. The van der Waals surface area contributed by atoms with Crippen LogP contribution in [0.4, 0.5) is 0 Å². The molecule has 0 unspecified atom stereocenters. The summed E-state index contributed by atoms with van der Waals surface area (Å²) in [6, 6.07) is 0. The van der Waals surface area contributed by atoms with Crippen molar-refractivity contribution in [1.29, 1.82) is 0 Å². The molecule has 0 aromatic heterocycles. The summed E-state index contributed by atoms with van der Waals surface area (Å²) in [4.78, 5) is 10.1. The summed E-state index contributed by atoms with van der Waals surface area (Å²) in [5, 5.41) is 0. The summed E-state index contributed by atoms with van der Waals surface area (Å²) in [6.45, 7) is 2.25. The molecule has 0 rings (SSSR count). The number of carbonyl (C=O) groups is 1. The van der Waals surface area contributed by atoms with Gasteiger partial charge in [-0.25, -0.2) is 0 Å². The van der Waals surface area contributed by atoms with Crippen LogP contribution in [0.25, 0.3) is 0 Å². The van der Waals surface area contributed by atoms with Crippen molar-refractivity contribution in [3.05, 3.63) is 12.2 Å². The van der Waals surface area contributed by atoms with Crippen LogP contribution < -0.4 is 0 Å². The second-order valence-corrected chi connectivity index (χ2v) is 4.13. The highest BCUT2D eigenvalue weighted by atomic mass is 16.1. The van der Waals surface area contributed by atoms with Crippen molar-refractivity contribution in [2.24, 2.45) is 0 Å². The summed E-state index contributed by atoms with van der Waals surface area (Å²) in [5.41, 5.74) is 0. The molecule has 0 saturated heterocycles. The zero-order valence-corrected chi connectivity index (χ0v) is 10.2. The van der Waals surface area contributed by atoms with Gasteiger partial charge in [0.05, 0.1) is 0 Å². The van der Waals surface area contributed by atoms with Crippen LogP contribution in [-0.4, -0.2) is 6.29 Å². The molecule has 0 aliphatic rings. The quantitative estimate of drug-likeness (QED) is 0.275. The Bertz CT molecular complexity index is 149. The highest BCUT2D eigenvalue weighted by molar-refractivity contribution is 5.48. The highest BCUT2D eigenvalue weighted by Gasteiger charge is 1.87. The molecule has 0 aliphatic heterocycles. The minimum atomic E-state index is 0.737. The molecule has 0 N–H and O–H groups in total. The van der Waals surface area contributed by atoms with Gasteiger partial charge in [-0.3, -0.25) is 0 Å². The SMILES string of the molecule is CCCCCC/C=C/CCCCCC=O. The number of hydrogen-bond acceptors (Lipinski definition) is 1. The lowest BCUT2D eigenvalue weighted by atomic mass is 10.1. The summed E-state index contributed by atoms with van der Waals surface area (Å²) >= 11 is 0. The Hall–Kier alpha value is -0.590. The molecule has 0 bridgehead atoms. The monoisotopic (exact) mass is 210 g/mol. The smallest absolute Gasteiger partial charge is 0.119 e. The molecule has 0 amide bonds. The van der Waals surface area contributed by atoms with Crippen molar-refractivity contribution < 1.29 is 4.79 Å². The van der Waals surface area contributed by atoms with E-state index in [1.807, 2.05) is 0 Å². The third kappa shape index (κ3) is 13.4. The topological polar surface area (TPSA) is 17.1 Å². The Morgan fingerprint density at radius 2 is 1.27 bits per heavy atom. The second kappa shape index (κ2) is 13.4. The molecule has 0 heterocycles. The van der Waals surface area contributed by atoms with E-state index in [-0.39, 0.29) is 0 Å².